The van der Waals surface area contributed by atoms with E-state index in [9.17, 15) is 9.59 Å². The van der Waals surface area contributed by atoms with Crippen LogP contribution in [-0.2, 0) is 11.3 Å². The zero-order valence-corrected chi connectivity index (χ0v) is 16.7. The zero-order chi connectivity index (χ0) is 20.6. The van der Waals surface area contributed by atoms with Crippen LogP contribution in [0.5, 0.6) is 11.5 Å². The van der Waals surface area contributed by atoms with Gasteiger partial charge >= 0.3 is 0 Å². The summed E-state index contributed by atoms with van der Waals surface area (Å²) in [6, 6.07) is 12.9. The fourth-order valence-electron chi connectivity index (χ4n) is 3.14. The number of imidazole rings is 1. The van der Waals surface area contributed by atoms with Crippen LogP contribution >= 0.6 is 0 Å². The number of aryl methyl sites for hydroxylation is 1. The third-order valence-corrected chi connectivity index (χ3v) is 4.71. The molecule has 0 spiro atoms. The highest BCUT2D eigenvalue weighted by Gasteiger charge is 2.12. The molecule has 0 aliphatic rings. The van der Waals surface area contributed by atoms with E-state index in [1.807, 2.05) is 30.6 Å². The van der Waals surface area contributed by atoms with Crippen LogP contribution in [-0.4, -0.2) is 42.0 Å². The molecule has 0 saturated heterocycles. The first kappa shape index (κ1) is 20.4. The minimum atomic E-state index is -0.130. The molecule has 0 bridgehead atoms. The zero-order valence-electron chi connectivity index (χ0n) is 16.7. The molecule has 3 rings (SSSR count). The van der Waals surface area contributed by atoms with Crippen molar-refractivity contribution in [1.29, 1.82) is 0 Å². The van der Waals surface area contributed by atoms with Crippen molar-refractivity contribution in [2.45, 2.75) is 25.8 Å². The number of methoxy groups -OCH3 is 2. The van der Waals surface area contributed by atoms with Crippen LogP contribution in [0.25, 0.3) is 11.0 Å². The number of nitrogens with zero attached hydrogens (tertiary/aromatic N) is 2. The van der Waals surface area contributed by atoms with Crippen LogP contribution in [0.2, 0.25) is 0 Å². The topological polar surface area (TPSA) is 82.5 Å². The average molecular weight is 395 g/mol. The van der Waals surface area contributed by atoms with Crippen molar-refractivity contribution in [3.8, 4) is 11.5 Å². The molecule has 3 aromatic rings. The predicted octanol–water partition coefficient (Wildman–Crippen LogP) is 3.22. The number of ether oxygens (including phenoxy) is 2. The monoisotopic (exact) mass is 395 g/mol. The molecule has 7 heteroatoms. The van der Waals surface area contributed by atoms with Gasteiger partial charge in [0.25, 0.3) is 0 Å². The molecule has 0 aliphatic heterocycles. The first-order chi connectivity index (χ1) is 14.1. The molecular weight excluding hydrogens is 370 g/mol. The normalized spacial score (nSPS) is 10.7. The second kappa shape index (κ2) is 9.73. The Bertz CT molecular complexity index is 997. The molecule has 1 aromatic heterocycles. The summed E-state index contributed by atoms with van der Waals surface area (Å²) < 4.78 is 12.5. The van der Waals surface area contributed by atoms with Gasteiger partial charge in [0.15, 0.2) is 17.3 Å². The lowest BCUT2D eigenvalue weighted by atomic mass is 10.1. The van der Waals surface area contributed by atoms with Crippen molar-refractivity contribution in [2.75, 3.05) is 20.8 Å². The number of amides is 1. The molecule has 1 N–H and O–H groups in total. The van der Waals surface area contributed by atoms with E-state index in [2.05, 4.69) is 14.9 Å². The van der Waals surface area contributed by atoms with Crippen LogP contribution in [0.4, 0.5) is 0 Å². The minimum Gasteiger partial charge on any atom is -0.493 e. The highest BCUT2D eigenvalue weighted by atomic mass is 16.5. The summed E-state index contributed by atoms with van der Waals surface area (Å²) in [5, 5.41) is 2.87. The van der Waals surface area contributed by atoms with Crippen molar-refractivity contribution in [3.63, 3.8) is 0 Å². The maximum absolute atomic E-state index is 12.3. The number of hydrogen-bond acceptors (Lipinski definition) is 5. The number of nitrogens with one attached hydrogen (secondary N) is 1. The van der Waals surface area contributed by atoms with E-state index in [1.165, 1.54) is 7.11 Å². The van der Waals surface area contributed by atoms with E-state index in [-0.39, 0.29) is 24.5 Å². The number of Topliss-reactive ketones (excluding diaryl/α,β-unsaturated/α-hetero) is 1. The first-order valence-corrected chi connectivity index (χ1v) is 9.54. The van der Waals surface area contributed by atoms with Crippen LogP contribution in [0, 0.1) is 0 Å². The molecule has 0 aliphatic carbocycles. The molecule has 1 heterocycles. The van der Waals surface area contributed by atoms with Gasteiger partial charge in [0.05, 0.1) is 31.6 Å². The number of carbonyl (C=O) groups excluding carboxylic acids is 2. The number of aromatic nitrogens is 2. The Morgan fingerprint density at radius 3 is 2.62 bits per heavy atom. The average Bonchev–Trinajstić information content (AvgIpc) is 3.17. The van der Waals surface area contributed by atoms with Gasteiger partial charge in [-0.1, -0.05) is 12.1 Å². The smallest absolute Gasteiger partial charge is 0.220 e. The van der Waals surface area contributed by atoms with Crippen molar-refractivity contribution in [3.05, 3.63) is 54.4 Å². The summed E-state index contributed by atoms with van der Waals surface area (Å²) in [7, 11) is 3.06. The molecular formula is C22H25N3O4. The molecule has 152 valence electrons. The number of hydrogen-bond donors (Lipinski definition) is 1. The Hall–Kier alpha value is -3.35. The lowest BCUT2D eigenvalue weighted by molar-refractivity contribution is -0.121. The number of rotatable bonds is 10. The molecule has 29 heavy (non-hydrogen) atoms. The first-order valence-electron chi connectivity index (χ1n) is 9.54. The van der Waals surface area contributed by atoms with E-state index < -0.39 is 0 Å². The summed E-state index contributed by atoms with van der Waals surface area (Å²) in [6.45, 7) is 1.32. The minimum absolute atomic E-state index is 0.106. The number of carbonyl (C=O) groups is 2. The SMILES string of the molecule is COc1ccc(C(=O)CCC(=O)NCCCn2cnc3ccccc32)cc1OC. The second-order valence-corrected chi connectivity index (χ2v) is 6.62. The van der Waals surface area contributed by atoms with E-state index >= 15 is 0 Å². The standard InChI is InChI=1S/C22H25N3O4/c1-28-20-10-8-16(14-21(20)29-2)19(26)9-11-22(27)23-12-5-13-25-15-24-17-6-3-4-7-18(17)25/h3-4,6-8,10,14-15H,5,9,11-13H2,1-2H3,(H,23,27). The Kier molecular flexibility index (Phi) is 6.84. The lowest BCUT2D eigenvalue weighted by Gasteiger charge is -2.09. The lowest BCUT2D eigenvalue weighted by Crippen LogP contribution is -2.25. The third kappa shape index (κ3) is 5.13. The van der Waals surface area contributed by atoms with Gasteiger partial charge in [-0.15, -0.1) is 0 Å². The van der Waals surface area contributed by atoms with E-state index in [0.717, 1.165) is 24.0 Å². The number of benzene rings is 2. The molecule has 2 aromatic carbocycles. The maximum atomic E-state index is 12.3. The van der Waals surface area contributed by atoms with Gasteiger partial charge in [-0.25, -0.2) is 4.98 Å². The summed E-state index contributed by atoms with van der Waals surface area (Å²) in [5.41, 5.74) is 2.55. The Morgan fingerprint density at radius 2 is 1.83 bits per heavy atom. The fraction of sp³-hybridized carbons (Fsp3) is 0.318. The van der Waals surface area contributed by atoms with Crippen LogP contribution in [0.3, 0.4) is 0 Å². The van der Waals surface area contributed by atoms with Gasteiger partial charge in [-0.2, -0.15) is 0 Å². The molecule has 0 radical (unpaired) electrons. The number of fused-ring (bicyclic) bond motifs is 1. The largest absolute Gasteiger partial charge is 0.493 e. The summed E-state index contributed by atoms with van der Waals surface area (Å²) in [4.78, 5) is 28.7. The number of para-hydroxylation sites is 2. The van der Waals surface area contributed by atoms with Gasteiger partial charge in [-0.05, 0) is 36.8 Å². The molecule has 0 fully saturated rings. The molecule has 0 unspecified atom stereocenters. The fourth-order valence-corrected chi connectivity index (χ4v) is 3.14. The molecule has 7 nitrogen and oxygen atoms in total. The second-order valence-electron chi connectivity index (χ2n) is 6.62. The Morgan fingerprint density at radius 1 is 1.03 bits per heavy atom. The van der Waals surface area contributed by atoms with Crippen molar-refractivity contribution >= 4 is 22.7 Å². The molecule has 0 saturated carbocycles. The van der Waals surface area contributed by atoms with E-state index in [4.69, 9.17) is 9.47 Å². The Labute approximate surface area is 169 Å². The van der Waals surface area contributed by atoms with Crippen molar-refractivity contribution in [1.82, 2.24) is 14.9 Å². The summed E-state index contributed by atoms with van der Waals surface area (Å²) in [6.07, 6.45) is 2.90. The quantitative estimate of drug-likeness (QED) is 0.421. The van der Waals surface area contributed by atoms with E-state index in [1.54, 1.807) is 25.3 Å². The van der Waals surface area contributed by atoms with Crippen LogP contribution in [0.1, 0.15) is 29.6 Å². The highest BCUT2D eigenvalue weighted by molar-refractivity contribution is 5.98. The summed E-state index contributed by atoms with van der Waals surface area (Å²) >= 11 is 0. The maximum Gasteiger partial charge on any atom is 0.220 e. The van der Waals surface area contributed by atoms with Gasteiger partial charge in [0, 0.05) is 31.5 Å². The summed E-state index contributed by atoms with van der Waals surface area (Å²) in [5.74, 6) is 0.822. The number of ketones is 1. The predicted molar refractivity (Wildman–Crippen MR) is 110 cm³/mol. The van der Waals surface area contributed by atoms with Crippen molar-refractivity contribution < 1.29 is 19.1 Å². The highest BCUT2D eigenvalue weighted by Crippen LogP contribution is 2.28. The van der Waals surface area contributed by atoms with Gasteiger partial charge in [0.1, 0.15) is 0 Å². The Balaban J connectivity index is 1.41. The van der Waals surface area contributed by atoms with Crippen LogP contribution in [0.15, 0.2) is 48.8 Å². The van der Waals surface area contributed by atoms with Gasteiger partial charge in [-0.3, -0.25) is 9.59 Å². The molecule has 0 atom stereocenters. The van der Waals surface area contributed by atoms with Gasteiger partial charge < -0.3 is 19.4 Å². The molecule has 1 amide bonds. The van der Waals surface area contributed by atoms with Crippen LogP contribution < -0.4 is 14.8 Å². The van der Waals surface area contributed by atoms with E-state index in [0.29, 0.717) is 23.6 Å². The van der Waals surface area contributed by atoms with Crippen molar-refractivity contribution in [2.24, 2.45) is 0 Å². The van der Waals surface area contributed by atoms with Gasteiger partial charge in [0.2, 0.25) is 5.91 Å². The third-order valence-electron chi connectivity index (χ3n) is 4.71.